The fraction of sp³-hybridized carbons (Fsp3) is 0.0526. The van der Waals surface area contributed by atoms with Crippen LogP contribution in [0.15, 0.2) is 54.6 Å². The van der Waals surface area contributed by atoms with Gasteiger partial charge in [0.1, 0.15) is 16.5 Å². The average Bonchev–Trinajstić information content (AvgIpc) is 2.66. The van der Waals surface area contributed by atoms with Gasteiger partial charge in [-0.25, -0.2) is 0 Å². The average molecular weight is 494 g/mol. The van der Waals surface area contributed by atoms with Crippen molar-refractivity contribution in [2.75, 3.05) is 0 Å². The van der Waals surface area contributed by atoms with E-state index in [1.54, 1.807) is 6.07 Å². The largest absolute Gasteiger partial charge is 0.506 e. The van der Waals surface area contributed by atoms with Gasteiger partial charge in [0.25, 0.3) is 10.1 Å². The number of phenols is 2. The number of aromatic hydroxyl groups is 2. The first-order chi connectivity index (χ1) is 13.5. The summed E-state index contributed by atoms with van der Waals surface area (Å²) in [4.78, 5) is 0. The summed E-state index contributed by atoms with van der Waals surface area (Å²) in [6.07, 6.45) is 0. The molecular formula is C19H12Cl4O5S. The van der Waals surface area contributed by atoms with Gasteiger partial charge in [0.05, 0.1) is 15.1 Å². The highest BCUT2D eigenvalue weighted by Gasteiger charge is 2.53. The molecule has 0 aliphatic heterocycles. The SMILES string of the molecule is O=S(=O)(O)C(c1ccccc1)(c1cccc(Cl)c1Cl)c1c(Cl)cc(O)c(Cl)c1O. The number of rotatable bonds is 4. The van der Waals surface area contributed by atoms with E-state index in [9.17, 15) is 23.2 Å². The Bertz CT molecular complexity index is 1200. The minimum Gasteiger partial charge on any atom is -0.506 e. The van der Waals surface area contributed by atoms with E-state index < -0.39 is 37.0 Å². The van der Waals surface area contributed by atoms with Gasteiger partial charge in [-0.1, -0.05) is 88.9 Å². The van der Waals surface area contributed by atoms with Gasteiger partial charge in [0.15, 0.2) is 4.75 Å². The van der Waals surface area contributed by atoms with Crippen molar-refractivity contribution in [3.05, 3.63) is 91.4 Å². The van der Waals surface area contributed by atoms with Crippen molar-refractivity contribution in [2.45, 2.75) is 4.75 Å². The molecule has 10 heteroatoms. The van der Waals surface area contributed by atoms with Gasteiger partial charge in [-0.05, 0) is 11.6 Å². The normalized spacial score (nSPS) is 13.8. The number of phenolic OH excluding ortho intramolecular Hbond substituents is 2. The molecule has 0 aromatic heterocycles. The number of halogens is 4. The van der Waals surface area contributed by atoms with Crippen molar-refractivity contribution in [3.8, 4) is 11.5 Å². The van der Waals surface area contributed by atoms with Crippen molar-refractivity contribution in [2.24, 2.45) is 0 Å². The first-order valence-corrected chi connectivity index (χ1v) is 10.9. The Hall–Kier alpha value is -1.67. The van der Waals surface area contributed by atoms with Gasteiger partial charge in [-0.2, -0.15) is 8.42 Å². The van der Waals surface area contributed by atoms with E-state index in [4.69, 9.17) is 46.4 Å². The van der Waals surface area contributed by atoms with Crippen molar-refractivity contribution >= 4 is 56.5 Å². The summed E-state index contributed by atoms with van der Waals surface area (Å²) >= 11 is 24.7. The smallest absolute Gasteiger partial charge is 0.283 e. The van der Waals surface area contributed by atoms with Crippen LogP contribution in [0.5, 0.6) is 11.5 Å². The van der Waals surface area contributed by atoms with Gasteiger partial charge in [0, 0.05) is 17.2 Å². The lowest BCUT2D eigenvalue weighted by molar-refractivity contribution is 0.431. The summed E-state index contributed by atoms with van der Waals surface area (Å²) in [5, 5.41) is 19.5. The highest BCUT2D eigenvalue weighted by molar-refractivity contribution is 7.87. The molecule has 1 unspecified atom stereocenters. The molecule has 3 aromatic carbocycles. The zero-order chi connectivity index (χ0) is 21.6. The van der Waals surface area contributed by atoms with Crippen LogP contribution < -0.4 is 0 Å². The van der Waals surface area contributed by atoms with Crippen LogP contribution in [0, 0.1) is 0 Å². The first-order valence-electron chi connectivity index (χ1n) is 7.91. The molecule has 29 heavy (non-hydrogen) atoms. The van der Waals surface area contributed by atoms with E-state index in [1.165, 1.54) is 42.5 Å². The standard InChI is InChI=1S/C19H12Cl4O5S/c20-12-8-4-7-11(16(12)22)19(29(26,27)28,10-5-2-1-3-6-10)15-13(21)9-14(24)17(23)18(15)25/h1-9,24-25H,(H,26,27,28). The quantitative estimate of drug-likeness (QED) is 0.311. The van der Waals surface area contributed by atoms with Crippen LogP contribution in [0.3, 0.4) is 0 Å². The lowest BCUT2D eigenvalue weighted by Crippen LogP contribution is -2.39. The third-order valence-corrected chi connectivity index (χ3v) is 7.35. The third kappa shape index (κ3) is 3.44. The van der Waals surface area contributed by atoms with Crippen LogP contribution >= 0.6 is 46.4 Å². The molecule has 0 saturated heterocycles. The maximum Gasteiger partial charge on any atom is 0.283 e. The second kappa shape index (κ2) is 7.87. The van der Waals surface area contributed by atoms with E-state index in [2.05, 4.69) is 0 Å². The monoisotopic (exact) mass is 492 g/mol. The van der Waals surface area contributed by atoms with Crippen LogP contribution in [0.25, 0.3) is 0 Å². The first kappa shape index (κ1) is 22.0. The highest BCUT2D eigenvalue weighted by Crippen LogP contribution is 2.55. The van der Waals surface area contributed by atoms with Gasteiger partial charge < -0.3 is 10.2 Å². The number of benzene rings is 3. The zero-order valence-electron chi connectivity index (χ0n) is 14.3. The van der Waals surface area contributed by atoms with E-state index in [1.807, 2.05) is 0 Å². The van der Waals surface area contributed by atoms with Crippen LogP contribution in [0.1, 0.15) is 16.7 Å². The topological polar surface area (TPSA) is 94.8 Å². The summed E-state index contributed by atoms with van der Waals surface area (Å²) in [5.41, 5.74) is -0.648. The molecule has 5 nitrogen and oxygen atoms in total. The highest BCUT2D eigenvalue weighted by atomic mass is 35.5. The second-order valence-corrected chi connectivity index (χ2v) is 9.17. The number of hydrogen-bond donors (Lipinski definition) is 3. The summed E-state index contributed by atoms with van der Waals surface area (Å²) in [7, 11) is -5.13. The molecule has 152 valence electrons. The maximum absolute atomic E-state index is 13.0. The molecule has 0 spiro atoms. The van der Waals surface area contributed by atoms with E-state index in [0.717, 1.165) is 6.07 Å². The molecule has 0 amide bonds. The molecule has 0 aliphatic carbocycles. The Morgan fingerprint density at radius 3 is 2.00 bits per heavy atom. The van der Waals surface area contributed by atoms with Crippen LogP contribution in [-0.2, 0) is 14.9 Å². The zero-order valence-corrected chi connectivity index (χ0v) is 18.1. The Morgan fingerprint density at radius 2 is 1.41 bits per heavy atom. The molecule has 3 N–H and O–H groups in total. The summed E-state index contributed by atoms with van der Waals surface area (Å²) < 4.78 is 34.0. The van der Waals surface area contributed by atoms with Crippen molar-refractivity contribution in [1.29, 1.82) is 0 Å². The fourth-order valence-electron chi connectivity index (χ4n) is 3.23. The summed E-state index contributed by atoms with van der Waals surface area (Å²) in [6, 6.07) is 12.6. The van der Waals surface area contributed by atoms with Crippen LogP contribution in [-0.4, -0.2) is 23.2 Å². The van der Waals surface area contributed by atoms with Crippen LogP contribution in [0.4, 0.5) is 0 Å². The molecule has 3 rings (SSSR count). The fourth-order valence-corrected chi connectivity index (χ4v) is 5.62. The van der Waals surface area contributed by atoms with E-state index in [0.29, 0.717) is 0 Å². The molecule has 0 bridgehead atoms. The molecule has 0 radical (unpaired) electrons. The van der Waals surface area contributed by atoms with Gasteiger partial charge in [0.2, 0.25) is 0 Å². The Morgan fingerprint density at radius 1 is 0.793 bits per heavy atom. The van der Waals surface area contributed by atoms with Crippen LogP contribution in [0.2, 0.25) is 20.1 Å². The molecule has 1 atom stereocenters. The second-order valence-electron chi connectivity index (χ2n) is 6.04. The molecule has 0 aliphatic rings. The minimum absolute atomic E-state index is 0.00521. The minimum atomic E-state index is -5.13. The van der Waals surface area contributed by atoms with Gasteiger partial charge in [-0.3, -0.25) is 4.55 Å². The molecule has 3 aromatic rings. The Balaban J connectivity index is 2.67. The van der Waals surface area contributed by atoms with Crippen molar-refractivity contribution < 1.29 is 23.2 Å². The number of hydrogen-bond acceptors (Lipinski definition) is 4. The summed E-state index contributed by atoms with van der Waals surface area (Å²) in [5.74, 6) is -1.42. The maximum atomic E-state index is 13.0. The van der Waals surface area contributed by atoms with E-state index >= 15 is 0 Å². The Labute approximate surface area is 186 Å². The van der Waals surface area contributed by atoms with Gasteiger partial charge >= 0.3 is 0 Å². The molecule has 0 saturated carbocycles. The van der Waals surface area contributed by atoms with Crippen molar-refractivity contribution in [3.63, 3.8) is 0 Å². The predicted octanol–water partition coefficient (Wildman–Crippen LogP) is 5.89. The molecule has 0 heterocycles. The molecule has 0 fully saturated rings. The summed E-state index contributed by atoms with van der Waals surface area (Å²) in [6.45, 7) is 0. The van der Waals surface area contributed by atoms with E-state index in [-0.39, 0.29) is 26.2 Å². The lowest BCUT2D eigenvalue weighted by atomic mass is 9.83. The lowest BCUT2D eigenvalue weighted by Gasteiger charge is -2.34. The molecular weight excluding hydrogens is 482 g/mol. The van der Waals surface area contributed by atoms with Crippen molar-refractivity contribution in [1.82, 2.24) is 0 Å². The predicted molar refractivity (Wildman–Crippen MR) is 114 cm³/mol. The Kier molecular flexibility index (Phi) is 5.98. The van der Waals surface area contributed by atoms with Gasteiger partial charge in [-0.15, -0.1) is 0 Å². The third-order valence-electron chi connectivity index (χ3n) is 4.42.